The lowest BCUT2D eigenvalue weighted by molar-refractivity contribution is -0.271. The van der Waals surface area contributed by atoms with Gasteiger partial charge >= 0.3 is 5.97 Å². The Labute approximate surface area is 304 Å². The number of carbonyl (C=O) groups excluding carboxylic acids is 3. The third-order valence-electron chi connectivity index (χ3n) is 9.95. The van der Waals surface area contributed by atoms with Gasteiger partial charge in [0.05, 0.1) is 31.4 Å². The molecule has 3 heterocycles. The maximum atomic E-state index is 14.1. The van der Waals surface area contributed by atoms with Crippen molar-refractivity contribution in [1.29, 1.82) is 0 Å². The number of methoxy groups -OCH3 is 2. The zero-order chi connectivity index (χ0) is 37.1. The number of anilines is 1. The molecule has 9 atom stereocenters. The molecule has 1 aromatic carbocycles. The average molecular weight is 740 g/mol. The van der Waals surface area contributed by atoms with Gasteiger partial charge in [0.25, 0.3) is 0 Å². The number of hydrogen-bond acceptors (Lipinski definition) is 12. The number of nitrogens with zero attached hydrogens (tertiary/aromatic N) is 2. The molecule has 278 valence electrons. The predicted octanol–water partition coefficient (Wildman–Crippen LogP) is 2.99. The van der Waals surface area contributed by atoms with E-state index >= 15 is 0 Å². The first-order chi connectivity index (χ1) is 23.5. The summed E-state index contributed by atoms with van der Waals surface area (Å²) in [4.78, 5) is 42.9. The Kier molecular flexibility index (Phi) is 13.1. The standard InChI is InChI=1S/C35H50ClN3O10S/c1-19-10-9-11-26(46-8)35(44)18-25(47-33(43)37-35)20(2)31-34(4,49-31)27(48-32(42)21(3)38(5)28(40)12-13-50)17-29(41)39(6)23-15-22(14-19)16-24(45-7)30(23)36/h9-11,15-16,20-21,25-27,31,33,37,43-44,50H,12-14,17-18H2,1-8H3/b11-9+,19-10+/t20?,21-,25?,26?,27?,31?,33?,34?,35?/m0/s1. The number of aliphatic hydroxyl groups is 2. The Morgan fingerprint density at radius 1 is 1.30 bits per heavy atom. The summed E-state index contributed by atoms with van der Waals surface area (Å²) < 4.78 is 29.3. The van der Waals surface area contributed by atoms with E-state index in [1.165, 1.54) is 31.1 Å². The van der Waals surface area contributed by atoms with E-state index in [0.29, 0.717) is 23.6 Å². The van der Waals surface area contributed by atoms with Gasteiger partial charge < -0.3 is 43.7 Å². The molecule has 8 unspecified atom stereocenters. The predicted molar refractivity (Wildman–Crippen MR) is 190 cm³/mol. The minimum Gasteiger partial charge on any atom is -0.495 e. The van der Waals surface area contributed by atoms with Crippen LogP contribution >= 0.6 is 24.2 Å². The molecule has 50 heavy (non-hydrogen) atoms. The monoisotopic (exact) mass is 739 g/mol. The van der Waals surface area contributed by atoms with Crippen molar-refractivity contribution in [2.45, 2.75) is 102 Å². The first kappa shape index (κ1) is 40.1. The van der Waals surface area contributed by atoms with E-state index in [0.717, 1.165) is 11.1 Å². The largest absolute Gasteiger partial charge is 0.495 e. The molecule has 2 saturated heterocycles. The van der Waals surface area contributed by atoms with Crippen LogP contribution in [0, 0.1) is 5.92 Å². The number of ether oxygens (including phenoxy) is 5. The highest BCUT2D eigenvalue weighted by atomic mass is 35.5. The fourth-order valence-corrected chi connectivity index (χ4v) is 7.11. The van der Waals surface area contributed by atoms with Crippen molar-refractivity contribution in [2.24, 2.45) is 5.92 Å². The second kappa shape index (κ2) is 16.3. The lowest BCUT2D eigenvalue weighted by atomic mass is 9.83. The van der Waals surface area contributed by atoms with E-state index in [1.807, 2.05) is 19.9 Å². The van der Waals surface area contributed by atoms with Crippen molar-refractivity contribution in [1.82, 2.24) is 10.2 Å². The number of rotatable bonds is 7. The number of halogens is 1. The zero-order valence-electron chi connectivity index (χ0n) is 29.8. The number of nitrogens with one attached hydrogen (secondary N) is 1. The van der Waals surface area contributed by atoms with Crippen LogP contribution in [0.25, 0.3) is 0 Å². The molecule has 0 saturated carbocycles. The zero-order valence-corrected chi connectivity index (χ0v) is 31.5. The van der Waals surface area contributed by atoms with Gasteiger partial charge in [0.1, 0.15) is 34.6 Å². The van der Waals surface area contributed by atoms with Crippen molar-refractivity contribution in [2.75, 3.05) is 39.0 Å². The Bertz CT molecular complexity index is 1490. The third kappa shape index (κ3) is 8.67. The van der Waals surface area contributed by atoms with Crippen molar-refractivity contribution in [3.63, 3.8) is 0 Å². The fraction of sp³-hybridized carbons (Fsp3) is 0.629. The normalized spacial score (nSPS) is 34.1. The van der Waals surface area contributed by atoms with E-state index < -0.39 is 66.0 Å². The smallest absolute Gasteiger partial charge is 0.328 e. The maximum Gasteiger partial charge on any atom is 0.328 e. The number of hydrogen-bond donors (Lipinski definition) is 4. The van der Waals surface area contributed by atoms with Gasteiger partial charge in [-0.2, -0.15) is 12.6 Å². The SMILES string of the molecule is COc1cc2cc(c1Cl)N(C)C(=O)CC(OC(=O)[C@H](C)N(C)C(=O)CCS)C1(C)OC1C(C)C1CC(O)(NC(O)O1)C(OC)/C=C/C=C(\C)C2. The lowest BCUT2D eigenvalue weighted by Gasteiger charge is -2.44. The summed E-state index contributed by atoms with van der Waals surface area (Å²) in [5.41, 5.74) is -0.735. The second-order valence-corrected chi connectivity index (χ2v) is 14.3. The molecule has 3 N–H and O–H groups in total. The number of aliphatic hydroxyl groups excluding tert-OH is 1. The number of esters is 1. The number of likely N-dealkylation sites (N-methyl/N-ethyl adjacent to an activating group) is 1. The van der Waals surface area contributed by atoms with E-state index in [-0.39, 0.29) is 30.2 Å². The minimum atomic E-state index is -1.72. The van der Waals surface area contributed by atoms with E-state index in [2.05, 4.69) is 17.9 Å². The Hall–Kier alpha value is -2.69. The Morgan fingerprint density at radius 2 is 2.00 bits per heavy atom. The van der Waals surface area contributed by atoms with Crippen LogP contribution in [0.15, 0.2) is 35.9 Å². The topological polar surface area (TPSA) is 160 Å². The maximum absolute atomic E-state index is 14.1. The van der Waals surface area contributed by atoms with Gasteiger partial charge in [-0.3, -0.25) is 9.59 Å². The Balaban J connectivity index is 1.77. The first-order valence-corrected chi connectivity index (χ1v) is 17.6. The van der Waals surface area contributed by atoms with E-state index in [9.17, 15) is 24.6 Å². The van der Waals surface area contributed by atoms with Crippen LogP contribution in [0.2, 0.25) is 5.02 Å². The fourth-order valence-electron chi connectivity index (χ4n) is 6.60. The number of benzene rings is 1. The number of epoxide rings is 1. The molecule has 0 radical (unpaired) electrons. The second-order valence-electron chi connectivity index (χ2n) is 13.5. The van der Waals surface area contributed by atoms with Crippen molar-refractivity contribution < 1.29 is 48.3 Å². The van der Waals surface area contributed by atoms with Crippen LogP contribution in [0.5, 0.6) is 5.75 Å². The van der Waals surface area contributed by atoms with Crippen molar-refractivity contribution in [3.05, 3.63) is 46.5 Å². The number of thiol groups is 1. The highest BCUT2D eigenvalue weighted by Gasteiger charge is 2.64. The number of carbonyl (C=O) groups is 3. The molecule has 1 aromatic rings. The molecule has 13 nitrogen and oxygen atoms in total. The van der Waals surface area contributed by atoms with Gasteiger partial charge in [0.2, 0.25) is 18.2 Å². The summed E-state index contributed by atoms with van der Waals surface area (Å²) in [6, 6.07) is 2.63. The molecule has 2 amide bonds. The van der Waals surface area contributed by atoms with Crippen LogP contribution in [0.1, 0.15) is 52.5 Å². The van der Waals surface area contributed by atoms with Crippen molar-refractivity contribution >= 4 is 47.7 Å². The highest BCUT2D eigenvalue weighted by Crippen LogP contribution is 2.49. The molecular formula is C35H50ClN3O10S. The Morgan fingerprint density at radius 3 is 2.64 bits per heavy atom. The van der Waals surface area contributed by atoms with Gasteiger partial charge in [0.15, 0.2) is 5.72 Å². The molecule has 4 bridgehead atoms. The molecule has 3 aliphatic rings. The van der Waals surface area contributed by atoms with Crippen LogP contribution in [0.3, 0.4) is 0 Å². The summed E-state index contributed by atoms with van der Waals surface area (Å²) in [7, 11) is 6.04. The number of amides is 2. The molecular weight excluding hydrogens is 690 g/mol. The van der Waals surface area contributed by atoms with Crippen LogP contribution in [-0.2, 0) is 39.8 Å². The van der Waals surface area contributed by atoms with Gasteiger partial charge in [-0.15, -0.1) is 0 Å². The van der Waals surface area contributed by atoms with Gasteiger partial charge in [-0.25, -0.2) is 10.1 Å². The minimum absolute atomic E-state index is 0.0119. The third-order valence-corrected chi connectivity index (χ3v) is 10.6. The van der Waals surface area contributed by atoms with E-state index in [4.69, 9.17) is 35.3 Å². The van der Waals surface area contributed by atoms with Crippen LogP contribution in [-0.4, -0.2) is 115 Å². The quantitative estimate of drug-likeness (QED) is 0.185. The van der Waals surface area contributed by atoms with Gasteiger partial charge in [-0.1, -0.05) is 42.3 Å². The summed E-state index contributed by atoms with van der Waals surface area (Å²) in [5, 5.41) is 25.3. The lowest BCUT2D eigenvalue weighted by Crippen LogP contribution is -2.65. The van der Waals surface area contributed by atoms with Crippen molar-refractivity contribution in [3.8, 4) is 5.75 Å². The highest BCUT2D eigenvalue weighted by molar-refractivity contribution is 7.80. The molecule has 0 aromatic heterocycles. The van der Waals surface area contributed by atoms with E-state index in [1.54, 1.807) is 45.2 Å². The molecule has 0 spiro atoms. The molecule has 2 fully saturated rings. The average Bonchev–Trinajstić information content (AvgIpc) is 3.76. The summed E-state index contributed by atoms with van der Waals surface area (Å²) in [6.07, 6.45) is 0.811. The molecule has 3 aliphatic heterocycles. The van der Waals surface area contributed by atoms with Gasteiger partial charge in [0, 0.05) is 40.0 Å². The summed E-state index contributed by atoms with van der Waals surface area (Å²) in [5.74, 6) is -1.19. The number of allylic oxidation sites excluding steroid dienone is 3. The molecule has 4 rings (SSSR count). The summed E-state index contributed by atoms with van der Waals surface area (Å²) in [6.45, 7) is 7.05. The number of fused-ring (bicyclic) bond motifs is 5. The summed E-state index contributed by atoms with van der Waals surface area (Å²) >= 11 is 10.9. The van der Waals surface area contributed by atoms with Gasteiger partial charge in [-0.05, 0) is 50.6 Å². The molecule has 0 aliphatic carbocycles. The van der Waals surface area contributed by atoms with Crippen LogP contribution < -0.4 is 15.0 Å². The first-order valence-electron chi connectivity index (χ1n) is 16.6. The van der Waals surface area contributed by atoms with Crippen LogP contribution in [0.4, 0.5) is 5.69 Å². The molecule has 15 heteroatoms.